The molecule has 1 unspecified atom stereocenters. The van der Waals surface area contributed by atoms with Crippen LogP contribution in [0.3, 0.4) is 0 Å². The lowest BCUT2D eigenvalue weighted by Gasteiger charge is -2.12. The minimum atomic E-state index is -4.36. The second-order valence-corrected chi connectivity index (χ2v) is 5.70. The summed E-state index contributed by atoms with van der Waals surface area (Å²) in [6.45, 7) is 0.741. The van der Waals surface area contributed by atoms with Crippen LogP contribution in [-0.4, -0.2) is 34.4 Å². The first-order valence-corrected chi connectivity index (χ1v) is 7.85. The minimum absolute atomic E-state index is 0.162. The normalized spacial score (nSPS) is 12.7. The SMILES string of the molecule is CC(O)c1ncnc(NCCc2ccc(OCC(F)(F)F)cc2)c1Cl. The van der Waals surface area contributed by atoms with Crippen molar-refractivity contribution in [3.8, 4) is 5.75 Å². The number of benzene rings is 1. The number of nitrogens with one attached hydrogen (secondary N) is 1. The third kappa shape index (κ3) is 6.06. The van der Waals surface area contributed by atoms with Crippen molar-refractivity contribution in [3.63, 3.8) is 0 Å². The van der Waals surface area contributed by atoms with Crippen LogP contribution in [0.4, 0.5) is 19.0 Å². The van der Waals surface area contributed by atoms with Gasteiger partial charge in [0.15, 0.2) is 6.61 Å². The molecule has 1 aromatic heterocycles. The molecule has 2 rings (SSSR count). The molecular weight excluding hydrogens is 359 g/mol. The van der Waals surface area contributed by atoms with Gasteiger partial charge in [0.05, 0.1) is 11.8 Å². The first kappa shape index (κ1) is 19.3. The van der Waals surface area contributed by atoms with E-state index >= 15 is 0 Å². The number of halogens is 4. The van der Waals surface area contributed by atoms with Crippen LogP contribution < -0.4 is 10.1 Å². The van der Waals surface area contributed by atoms with E-state index in [-0.39, 0.29) is 10.8 Å². The van der Waals surface area contributed by atoms with Crippen LogP contribution >= 0.6 is 11.6 Å². The van der Waals surface area contributed by atoms with Crippen molar-refractivity contribution in [1.82, 2.24) is 9.97 Å². The fourth-order valence-electron chi connectivity index (χ4n) is 2.04. The van der Waals surface area contributed by atoms with E-state index in [0.717, 1.165) is 5.56 Å². The Labute approximate surface area is 147 Å². The summed E-state index contributed by atoms with van der Waals surface area (Å²) < 4.78 is 40.9. The average Bonchev–Trinajstić information content (AvgIpc) is 2.54. The zero-order chi connectivity index (χ0) is 18.4. The highest BCUT2D eigenvalue weighted by Gasteiger charge is 2.28. The van der Waals surface area contributed by atoms with Crippen molar-refractivity contribution in [2.24, 2.45) is 0 Å². The Balaban J connectivity index is 1.87. The quantitative estimate of drug-likeness (QED) is 0.771. The van der Waals surface area contributed by atoms with Crippen LogP contribution in [-0.2, 0) is 6.42 Å². The van der Waals surface area contributed by atoms with Crippen LogP contribution in [0.5, 0.6) is 5.75 Å². The Morgan fingerprint density at radius 1 is 1.24 bits per heavy atom. The number of nitrogens with zero attached hydrogens (tertiary/aromatic N) is 2. The Kier molecular flexibility index (Phi) is 6.44. The lowest BCUT2D eigenvalue weighted by atomic mass is 10.1. The number of hydrogen-bond donors (Lipinski definition) is 2. The summed E-state index contributed by atoms with van der Waals surface area (Å²) in [6.07, 6.45) is -3.25. The molecule has 1 atom stereocenters. The Hall–Kier alpha value is -2.06. The van der Waals surface area contributed by atoms with Gasteiger partial charge >= 0.3 is 6.18 Å². The third-order valence-corrected chi connectivity index (χ3v) is 3.62. The summed E-state index contributed by atoms with van der Waals surface area (Å²) in [6, 6.07) is 6.36. The number of alkyl halides is 3. The first-order valence-electron chi connectivity index (χ1n) is 7.47. The molecule has 0 aliphatic rings. The molecule has 0 saturated carbocycles. The van der Waals surface area contributed by atoms with Crippen LogP contribution in [0.1, 0.15) is 24.3 Å². The molecule has 2 N–H and O–H groups in total. The molecule has 9 heteroatoms. The molecule has 0 spiro atoms. The standard InChI is InChI=1S/C16H17ClF3N3O2/c1-10(24)14-13(17)15(23-9-22-14)21-7-6-11-2-4-12(5-3-11)25-8-16(18,19)20/h2-5,9-10,24H,6-8H2,1H3,(H,21,22,23). The molecule has 0 radical (unpaired) electrons. The summed E-state index contributed by atoms with van der Waals surface area (Å²) in [7, 11) is 0. The molecule has 25 heavy (non-hydrogen) atoms. The van der Waals surface area contributed by atoms with Crippen molar-refractivity contribution < 1.29 is 23.0 Å². The molecule has 136 valence electrons. The Bertz CT molecular complexity index is 694. The molecule has 5 nitrogen and oxygen atoms in total. The number of aliphatic hydroxyl groups excluding tert-OH is 1. The topological polar surface area (TPSA) is 67.3 Å². The van der Waals surface area contributed by atoms with Gasteiger partial charge in [-0.1, -0.05) is 23.7 Å². The van der Waals surface area contributed by atoms with Gasteiger partial charge in [-0.3, -0.25) is 0 Å². The van der Waals surface area contributed by atoms with Crippen LogP contribution in [0, 0.1) is 0 Å². The van der Waals surface area contributed by atoms with Crippen molar-refractivity contribution in [2.45, 2.75) is 25.6 Å². The number of aromatic nitrogens is 2. The van der Waals surface area contributed by atoms with E-state index in [1.807, 2.05) is 0 Å². The summed E-state index contributed by atoms with van der Waals surface area (Å²) in [5.41, 5.74) is 1.25. The second kappa shape index (κ2) is 8.35. The molecule has 0 fully saturated rings. The molecule has 1 heterocycles. The van der Waals surface area contributed by atoms with E-state index in [0.29, 0.717) is 24.5 Å². The molecule has 0 bridgehead atoms. The van der Waals surface area contributed by atoms with Crippen molar-refractivity contribution in [2.75, 3.05) is 18.5 Å². The maximum atomic E-state index is 12.1. The molecule has 0 amide bonds. The number of anilines is 1. The highest BCUT2D eigenvalue weighted by Crippen LogP contribution is 2.26. The summed E-state index contributed by atoms with van der Waals surface area (Å²) in [4.78, 5) is 7.94. The molecule has 0 aliphatic heterocycles. The summed E-state index contributed by atoms with van der Waals surface area (Å²) in [5, 5.41) is 12.9. The smallest absolute Gasteiger partial charge is 0.422 e. The van der Waals surface area contributed by atoms with E-state index in [9.17, 15) is 18.3 Å². The fourth-order valence-corrected chi connectivity index (χ4v) is 2.36. The van der Waals surface area contributed by atoms with Crippen LogP contribution in [0.25, 0.3) is 0 Å². The Morgan fingerprint density at radius 3 is 2.52 bits per heavy atom. The van der Waals surface area contributed by atoms with E-state index in [4.69, 9.17) is 11.6 Å². The second-order valence-electron chi connectivity index (χ2n) is 5.32. The zero-order valence-electron chi connectivity index (χ0n) is 13.3. The molecule has 0 saturated heterocycles. The van der Waals surface area contributed by atoms with Crippen molar-refractivity contribution in [1.29, 1.82) is 0 Å². The highest BCUT2D eigenvalue weighted by atomic mass is 35.5. The zero-order valence-corrected chi connectivity index (χ0v) is 14.1. The van der Waals surface area contributed by atoms with Gasteiger partial charge in [0, 0.05) is 6.54 Å². The molecule has 2 aromatic rings. The monoisotopic (exact) mass is 375 g/mol. The number of rotatable bonds is 7. The van der Waals surface area contributed by atoms with Gasteiger partial charge in [-0.15, -0.1) is 0 Å². The molecule has 1 aromatic carbocycles. The maximum absolute atomic E-state index is 12.1. The van der Waals surface area contributed by atoms with Gasteiger partial charge < -0.3 is 15.2 Å². The van der Waals surface area contributed by atoms with Gasteiger partial charge in [-0.05, 0) is 31.0 Å². The van der Waals surface area contributed by atoms with Gasteiger partial charge in [-0.25, -0.2) is 9.97 Å². The lowest BCUT2D eigenvalue weighted by Crippen LogP contribution is -2.19. The fraction of sp³-hybridized carbons (Fsp3) is 0.375. The minimum Gasteiger partial charge on any atom is -0.484 e. The lowest BCUT2D eigenvalue weighted by molar-refractivity contribution is -0.153. The van der Waals surface area contributed by atoms with Crippen LogP contribution in [0.15, 0.2) is 30.6 Å². The van der Waals surface area contributed by atoms with E-state index in [2.05, 4.69) is 20.0 Å². The maximum Gasteiger partial charge on any atom is 0.422 e. The number of hydrogen-bond acceptors (Lipinski definition) is 5. The van der Waals surface area contributed by atoms with Crippen LogP contribution in [0.2, 0.25) is 5.02 Å². The number of ether oxygens (including phenoxy) is 1. The van der Waals surface area contributed by atoms with Crippen molar-refractivity contribution in [3.05, 3.63) is 46.9 Å². The van der Waals surface area contributed by atoms with E-state index in [1.54, 1.807) is 19.1 Å². The molecule has 0 aliphatic carbocycles. The highest BCUT2D eigenvalue weighted by molar-refractivity contribution is 6.33. The molecular formula is C16H17ClF3N3O2. The van der Waals surface area contributed by atoms with Crippen molar-refractivity contribution >= 4 is 17.4 Å². The Morgan fingerprint density at radius 2 is 1.92 bits per heavy atom. The summed E-state index contributed by atoms with van der Waals surface area (Å²) >= 11 is 6.12. The van der Waals surface area contributed by atoms with E-state index in [1.165, 1.54) is 18.5 Å². The van der Waals surface area contributed by atoms with Gasteiger partial charge in [-0.2, -0.15) is 13.2 Å². The largest absolute Gasteiger partial charge is 0.484 e. The summed E-state index contributed by atoms with van der Waals surface area (Å²) in [5.74, 6) is 0.576. The first-order chi connectivity index (χ1) is 11.8. The third-order valence-electron chi connectivity index (χ3n) is 3.24. The van der Waals surface area contributed by atoms with Gasteiger partial charge in [0.25, 0.3) is 0 Å². The van der Waals surface area contributed by atoms with Gasteiger partial charge in [0.2, 0.25) is 0 Å². The predicted molar refractivity (Wildman–Crippen MR) is 87.9 cm³/mol. The van der Waals surface area contributed by atoms with E-state index < -0.39 is 18.9 Å². The average molecular weight is 376 g/mol. The van der Waals surface area contributed by atoms with Gasteiger partial charge in [0.1, 0.15) is 22.9 Å². The predicted octanol–water partition coefficient (Wildman–Crippen LogP) is 3.78. The number of aliphatic hydroxyl groups is 1.